The van der Waals surface area contributed by atoms with Crippen molar-refractivity contribution in [3.63, 3.8) is 0 Å². The summed E-state index contributed by atoms with van der Waals surface area (Å²) < 4.78 is 5.59. The molecule has 1 aliphatic heterocycles. The van der Waals surface area contributed by atoms with Crippen LogP contribution >= 0.6 is 0 Å². The Morgan fingerprint density at radius 3 is 3.05 bits per heavy atom. The number of ketones is 1. The highest BCUT2D eigenvalue weighted by Crippen LogP contribution is 2.34. The van der Waals surface area contributed by atoms with E-state index < -0.39 is 0 Å². The third-order valence-electron chi connectivity index (χ3n) is 3.65. The Morgan fingerprint density at radius 1 is 1.35 bits per heavy atom. The smallest absolute Gasteiger partial charge is 0.145 e. The molecule has 4 nitrogen and oxygen atoms in total. The number of ether oxygens (including phenoxy) is 1. The second-order valence-electron chi connectivity index (χ2n) is 4.95. The monoisotopic (exact) mass is 268 g/mol. The van der Waals surface area contributed by atoms with Crippen LogP contribution in [0.5, 0.6) is 5.75 Å². The maximum atomic E-state index is 12.5. The average Bonchev–Trinajstić information content (AvgIpc) is 2.49. The zero-order valence-electron chi connectivity index (χ0n) is 11.1. The lowest BCUT2D eigenvalue weighted by atomic mass is 9.87. The molecule has 1 atom stereocenters. The van der Waals surface area contributed by atoms with Crippen LogP contribution in [0, 0.1) is 0 Å². The maximum Gasteiger partial charge on any atom is 0.145 e. The number of rotatable bonds is 3. The minimum atomic E-state index is -0.112. The standard InChI is InChI=1S/C16H16N2O2/c17-14-5-7-18-10-11(14)9-15(19)12-6-8-20-16-4-2-1-3-13(12)16/h1-5,7,10,12H,6,8-9H2,(H2,17,18). The zero-order chi connectivity index (χ0) is 13.9. The lowest BCUT2D eigenvalue weighted by Crippen LogP contribution is -2.23. The summed E-state index contributed by atoms with van der Waals surface area (Å²) >= 11 is 0. The number of pyridine rings is 1. The van der Waals surface area contributed by atoms with Crippen molar-refractivity contribution in [1.29, 1.82) is 0 Å². The number of benzene rings is 1. The summed E-state index contributed by atoms with van der Waals surface area (Å²) in [5.41, 5.74) is 8.27. The molecular weight excluding hydrogens is 252 g/mol. The number of Topliss-reactive ketones (excluding diaryl/α,β-unsaturated/α-hetero) is 1. The number of anilines is 1. The summed E-state index contributed by atoms with van der Waals surface area (Å²) in [5.74, 6) is 0.872. The molecule has 1 aliphatic rings. The van der Waals surface area contributed by atoms with Crippen LogP contribution in [-0.2, 0) is 11.2 Å². The number of hydrogen-bond donors (Lipinski definition) is 1. The molecule has 20 heavy (non-hydrogen) atoms. The summed E-state index contributed by atoms with van der Waals surface area (Å²) in [6.45, 7) is 0.579. The molecule has 0 spiro atoms. The molecule has 2 aromatic rings. The van der Waals surface area contributed by atoms with Gasteiger partial charge in [-0.25, -0.2) is 0 Å². The predicted molar refractivity (Wildman–Crippen MR) is 76.7 cm³/mol. The highest BCUT2D eigenvalue weighted by atomic mass is 16.5. The molecular formula is C16H16N2O2. The lowest BCUT2D eigenvalue weighted by Gasteiger charge is -2.25. The summed E-state index contributed by atoms with van der Waals surface area (Å²) in [5, 5.41) is 0. The van der Waals surface area contributed by atoms with Crippen LogP contribution in [0.25, 0.3) is 0 Å². The molecule has 0 radical (unpaired) electrons. The number of aromatic nitrogens is 1. The number of fused-ring (bicyclic) bond motifs is 1. The third kappa shape index (κ3) is 2.37. The topological polar surface area (TPSA) is 65.2 Å². The van der Waals surface area contributed by atoms with Crippen molar-refractivity contribution in [2.75, 3.05) is 12.3 Å². The van der Waals surface area contributed by atoms with Crippen LogP contribution in [0.2, 0.25) is 0 Å². The van der Waals surface area contributed by atoms with E-state index in [1.807, 2.05) is 24.3 Å². The van der Waals surface area contributed by atoms with Gasteiger partial charge in [-0.2, -0.15) is 0 Å². The van der Waals surface area contributed by atoms with E-state index in [-0.39, 0.29) is 11.7 Å². The summed E-state index contributed by atoms with van der Waals surface area (Å²) in [7, 11) is 0. The molecule has 2 heterocycles. The average molecular weight is 268 g/mol. The van der Waals surface area contributed by atoms with E-state index >= 15 is 0 Å². The van der Waals surface area contributed by atoms with Crippen LogP contribution in [0.15, 0.2) is 42.7 Å². The molecule has 4 heteroatoms. The summed E-state index contributed by atoms with van der Waals surface area (Å²) in [4.78, 5) is 16.6. The van der Waals surface area contributed by atoms with Crippen LogP contribution < -0.4 is 10.5 Å². The normalized spacial score (nSPS) is 17.1. The highest BCUT2D eigenvalue weighted by molar-refractivity contribution is 5.89. The second-order valence-corrected chi connectivity index (χ2v) is 4.95. The first-order valence-electron chi connectivity index (χ1n) is 6.68. The van der Waals surface area contributed by atoms with E-state index in [0.717, 1.165) is 23.3 Å². The van der Waals surface area contributed by atoms with Gasteiger partial charge in [0, 0.05) is 41.5 Å². The van der Waals surface area contributed by atoms with E-state index in [4.69, 9.17) is 10.5 Å². The first kappa shape index (κ1) is 12.7. The van der Waals surface area contributed by atoms with E-state index in [9.17, 15) is 4.79 Å². The first-order chi connectivity index (χ1) is 9.75. The molecule has 102 valence electrons. The fourth-order valence-electron chi connectivity index (χ4n) is 2.57. The molecule has 0 amide bonds. The minimum Gasteiger partial charge on any atom is -0.493 e. The van der Waals surface area contributed by atoms with E-state index in [0.29, 0.717) is 18.7 Å². The van der Waals surface area contributed by atoms with Gasteiger partial charge in [0.25, 0.3) is 0 Å². The van der Waals surface area contributed by atoms with Gasteiger partial charge in [-0.15, -0.1) is 0 Å². The van der Waals surface area contributed by atoms with Gasteiger partial charge in [-0.3, -0.25) is 9.78 Å². The zero-order valence-corrected chi connectivity index (χ0v) is 11.1. The van der Waals surface area contributed by atoms with Gasteiger partial charge < -0.3 is 10.5 Å². The lowest BCUT2D eigenvalue weighted by molar-refractivity contribution is -0.120. The largest absolute Gasteiger partial charge is 0.493 e. The van der Waals surface area contributed by atoms with E-state index in [1.165, 1.54) is 0 Å². The fourth-order valence-corrected chi connectivity index (χ4v) is 2.57. The van der Waals surface area contributed by atoms with Gasteiger partial charge >= 0.3 is 0 Å². The maximum absolute atomic E-state index is 12.5. The number of nitrogens with two attached hydrogens (primary N) is 1. The Bertz CT molecular complexity index is 640. The number of carbonyl (C=O) groups excluding carboxylic acids is 1. The number of nitrogen functional groups attached to an aromatic ring is 1. The van der Waals surface area contributed by atoms with Crippen molar-refractivity contribution in [2.45, 2.75) is 18.8 Å². The van der Waals surface area contributed by atoms with Crippen molar-refractivity contribution in [2.24, 2.45) is 0 Å². The highest BCUT2D eigenvalue weighted by Gasteiger charge is 2.27. The van der Waals surface area contributed by atoms with Gasteiger partial charge in [-0.1, -0.05) is 18.2 Å². The molecule has 1 unspecified atom stereocenters. The molecule has 1 aromatic heterocycles. The first-order valence-corrected chi connectivity index (χ1v) is 6.68. The van der Waals surface area contributed by atoms with Crippen LogP contribution in [0.4, 0.5) is 5.69 Å². The fraction of sp³-hybridized carbons (Fsp3) is 0.250. The van der Waals surface area contributed by atoms with Crippen LogP contribution in [0.3, 0.4) is 0 Å². The van der Waals surface area contributed by atoms with Gasteiger partial charge in [0.1, 0.15) is 11.5 Å². The van der Waals surface area contributed by atoms with E-state index in [2.05, 4.69) is 4.98 Å². The van der Waals surface area contributed by atoms with Gasteiger partial charge in [-0.05, 0) is 18.6 Å². The molecule has 0 aliphatic carbocycles. The minimum absolute atomic E-state index is 0.112. The Hall–Kier alpha value is -2.36. The Morgan fingerprint density at radius 2 is 2.20 bits per heavy atom. The molecule has 0 bridgehead atoms. The SMILES string of the molecule is Nc1ccncc1CC(=O)C1CCOc2ccccc21. The number of nitrogens with zero attached hydrogens (tertiary/aromatic N) is 1. The van der Waals surface area contributed by atoms with Gasteiger partial charge in [0.15, 0.2) is 0 Å². The van der Waals surface area contributed by atoms with Gasteiger partial charge in [0.2, 0.25) is 0 Å². The molecule has 3 rings (SSSR count). The molecule has 0 saturated carbocycles. The number of para-hydroxylation sites is 1. The van der Waals surface area contributed by atoms with Crippen molar-refractivity contribution >= 4 is 11.5 Å². The van der Waals surface area contributed by atoms with E-state index in [1.54, 1.807) is 18.5 Å². The molecule has 2 N–H and O–H groups in total. The second kappa shape index (κ2) is 5.33. The summed E-state index contributed by atoms with van der Waals surface area (Å²) in [6.07, 6.45) is 4.33. The Kier molecular flexibility index (Phi) is 3.37. The molecule has 0 saturated heterocycles. The number of hydrogen-bond acceptors (Lipinski definition) is 4. The Balaban J connectivity index is 1.84. The molecule has 1 aromatic carbocycles. The van der Waals surface area contributed by atoms with Crippen LogP contribution in [-0.4, -0.2) is 17.4 Å². The van der Waals surface area contributed by atoms with Crippen molar-refractivity contribution in [1.82, 2.24) is 4.98 Å². The quantitative estimate of drug-likeness (QED) is 0.928. The Labute approximate surface area is 117 Å². The third-order valence-corrected chi connectivity index (χ3v) is 3.65. The number of carbonyl (C=O) groups is 1. The predicted octanol–water partition coefficient (Wildman–Crippen LogP) is 2.34. The van der Waals surface area contributed by atoms with Crippen molar-refractivity contribution in [3.05, 3.63) is 53.9 Å². The van der Waals surface area contributed by atoms with Gasteiger partial charge in [0.05, 0.1) is 6.61 Å². The van der Waals surface area contributed by atoms with Crippen LogP contribution in [0.1, 0.15) is 23.5 Å². The van der Waals surface area contributed by atoms with Crippen molar-refractivity contribution in [3.8, 4) is 5.75 Å². The summed E-state index contributed by atoms with van der Waals surface area (Å²) in [6, 6.07) is 9.45. The van der Waals surface area contributed by atoms with Crippen molar-refractivity contribution < 1.29 is 9.53 Å². The molecule has 0 fully saturated rings.